The zero-order valence-corrected chi connectivity index (χ0v) is 9.83. The zero-order chi connectivity index (χ0) is 11.2. The molecule has 2 aliphatic rings. The van der Waals surface area contributed by atoms with E-state index >= 15 is 0 Å². The summed E-state index contributed by atoms with van der Waals surface area (Å²) in [7, 11) is -3.11. The molecule has 86 valence electrons. The van der Waals surface area contributed by atoms with Crippen LogP contribution in [-0.2, 0) is 10.0 Å². The van der Waals surface area contributed by atoms with Crippen LogP contribution in [0.4, 0.5) is 5.69 Å². The molecule has 3 rings (SSSR count). The average molecular weight is 237 g/mol. The van der Waals surface area contributed by atoms with Crippen molar-refractivity contribution in [2.45, 2.75) is 36.9 Å². The molecule has 2 aliphatic carbocycles. The molecule has 0 bridgehead atoms. The minimum Gasteiger partial charge on any atom is -0.283 e. The molecule has 0 aliphatic heterocycles. The van der Waals surface area contributed by atoms with Gasteiger partial charge >= 0.3 is 0 Å². The maximum atomic E-state index is 11.7. The smallest absolute Gasteiger partial charge is 0.235 e. The van der Waals surface area contributed by atoms with Gasteiger partial charge in [-0.15, -0.1) is 0 Å². The van der Waals surface area contributed by atoms with E-state index in [4.69, 9.17) is 0 Å². The van der Waals surface area contributed by atoms with Crippen LogP contribution in [0.5, 0.6) is 0 Å². The summed E-state index contributed by atoms with van der Waals surface area (Å²) in [6.45, 7) is 0. The largest absolute Gasteiger partial charge is 0.283 e. The van der Waals surface area contributed by atoms with Crippen molar-refractivity contribution in [2.24, 2.45) is 0 Å². The lowest BCUT2D eigenvalue weighted by atomic mass is 10.1. The van der Waals surface area contributed by atoms with Gasteiger partial charge in [-0.25, -0.2) is 8.42 Å². The van der Waals surface area contributed by atoms with E-state index < -0.39 is 10.0 Å². The van der Waals surface area contributed by atoms with Gasteiger partial charge < -0.3 is 0 Å². The van der Waals surface area contributed by atoms with Crippen LogP contribution in [0.3, 0.4) is 0 Å². The summed E-state index contributed by atoms with van der Waals surface area (Å²) in [5, 5.41) is -0.155. The van der Waals surface area contributed by atoms with Crippen molar-refractivity contribution in [2.75, 3.05) is 4.72 Å². The minimum atomic E-state index is -3.11. The Morgan fingerprint density at radius 1 is 1.12 bits per heavy atom. The van der Waals surface area contributed by atoms with Gasteiger partial charge in [-0.2, -0.15) is 0 Å². The van der Waals surface area contributed by atoms with Crippen LogP contribution in [-0.4, -0.2) is 13.7 Å². The Hall–Kier alpha value is -1.03. The van der Waals surface area contributed by atoms with Crippen molar-refractivity contribution in [3.05, 3.63) is 29.8 Å². The lowest BCUT2D eigenvalue weighted by Gasteiger charge is -2.08. The summed E-state index contributed by atoms with van der Waals surface area (Å²) in [4.78, 5) is 0. The highest BCUT2D eigenvalue weighted by molar-refractivity contribution is 7.93. The SMILES string of the molecule is O=S(=O)(Nc1cccc(C2CC2)c1)C1CC1. The fourth-order valence-corrected chi connectivity index (χ4v) is 3.28. The monoisotopic (exact) mass is 237 g/mol. The van der Waals surface area contributed by atoms with Crippen LogP contribution in [0.15, 0.2) is 24.3 Å². The summed E-state index contributed by atoms with van der Waals surface area (Å²) in [6.07, 6.45) is 4.08. The fourth-order valence-electron chi connectivity index (χ4n) is 1.90. The molecule has 0 saturated heterocycles. The molecule has 16 heavy (non-hydrogen) atoms. The third-order valence-electron chi connectivity index (χ3n) is 3.16. The van der Waals surface area contributed by atoms with Crippen molar-refractivity contribution in [3.8, 4) is 0 Å². The van der Waals surface area contributed by atoms with Crippen molar-refractivity contribution in [1.29, 1.82) is 0 Å². The van der Waals surface area contributed by atoms with E-state index in [0.717, 1.165) is 18.5 Å². The standard InChI is InChI=1S/C12H15NO2S/c14-16(15,12-6-7-12)13-11-3-1-2-10(8-11)9-4-5-9/h1-3,8-9,12-13H,4-7H2. The lowest BCUT2D eigenvalue weighted by Crippen LogP contribution is -2.17. The van der Waals surface area contributed by atoms with Crippen LogP contribution in [0, 0.1) is 0 Å². The molecule has 0 amide bonds. The number of hydrogen-bond donors (Lipinski definition) is 1. The molecular weight excluding hydrogens is 222 g/mol. The number of anilines is 1. The van der Waals surface area contributed by atoms with Crippen molar-refractivity contribution >= 4 is 15.7 Å². The molecule has 2 saturated carbocycles. The van der Waals surface area contributed by atoms with Gasteiger partial charge in [0.2, 0.25) is 10.0 Å². The molecule has 0 spiro atoms. The van der Waals surface area contributed by atoms with Gasteiger partial charge in [0.1, 0.15) is 0 Å². The maximum Gasteiger partial charge on any atom is 0.235 e. The first-order chi connectivity index (χ1) is 7.65. The quantitative estimate of drug-likeness (QED) is 0.874. The first kappa shape index (κ1) is 10.1. The Bertz CT molecular complexity index is 502. The molecule has 0 heterocycles. The molecular formula is C12H15NO2S. The Labute approximate surface area is 95.9 Å². The summed E-state index contributed by atoms with van der Waals surface area (Å²) >= 11 is 0. The second-order valence-electron chi connectivity index (χ2n) is 4.75. The van der Waals surface area contributed by atoms with E-state index in [-0.39, 0.29) is 5.25 Å². The van der Waals surface area contributed by atoms with E-state index in [2.05, 4.69) is 10.8 Å². The fraction of sp³-hybridized carbons (Fsp3) is 0.500. The summed E-state index contributed by atoms with van der Waals surface area (Å²) in [5.41, 5.74) is 1.98. The van der Waals surface area contributed by atoms with Gasteiger partial charge in [-0.1, -0.05) is 12.1 Å². The normalized spacial score (nSPS) is 20.8. The van der Waals surface area contributed by atoms with Crippen LogP contribution in [0.1, 0.15) is 37.2 Å². The van der Waals surface area contributed by atoms with Gasteiger partial charge in [0.05, 0.1) is 5.25 Å². The Kier molecular flexibility index (Phi) is 2.21. The topological polar surface area (TPSA) is 46.2 Å². The predicted octanol–water partition coefficient (Wildman–Crippen LogP) is 2.47. The number of hydrogen-bond acceptors (Lipinski definition) is 2. The first-order valence-corrected chi connectivity index (χ1v) is 7.31. The van der Waals surface area contributed by atoms with E-state index in [0.29, 0.717) is 5.92 Å². The molecule has 0 atom stereocenters. The van der Waals surface area contributed by atoms with E-state index in [1.807, 2.05) is 18.2 Å². The Morgan fingerprint density at radius 2 is 1.88 bits per heavy atom. The Balaban J connectivity index is 1.80. The van der Waals surface area contributed by atoms with E-state index in [1.54, 1.807) is 0 Å². The number of benzene rings is 1. The van der Waals surface area contributed by atoms with Crippen molar-refractivity contribution < 1.29 is 8.42 Å². The zero-order valence-electron chi connectivity index (χ0n) is 9.02. The molecule has 0 unspecified atom stereocenters. The predicted molar refractivity (Wildman–Crippen MR) is 64.0 cm³/mol. The third kappa shape index (κ3) is 2.07. The van der Waals surface area contributed by atoms with Gasteiger partial charge in [0.15, 0.2) is 0 Å². The molecule has 0 aromatic heterocycles. The highest BCUT2D eigenvalue weighted by atomic mass is 32.2. The van der Waals surface area contributed by atoms with E-state index in [1.165, 1.54) is 18.4 Å². The van der Waals surface area contributed by atoms with Crippen molar-refractivity contribution in [3.63, 3.8) is 0 Å². The minimum absolute atomic E-state index is 0.155. The Morgan fingerprint density at radius 3 is 2.50 bits per heavy atom. The number of rotatable bonds is 4. The molecule has 2 fully saturated rings. The van der Waals surface area contributed by atoms with E-state index in [9.17, 15) is 8.42 Å². The lowest BCUT2D eigenvalue weighted by molar-refractivity contribution is 0.600. The second-order valence-corrected chi connectivity index (χ2v) is 6.71. The van der Waals surface area contributed by atoms with Gasteiger partial charge in [0, 0.05) is 5.69 Å². The summed E-state index contributed by atoms with van der Waals surface area (Å²) in [6, 6.07) is 7.80. The second kappa shape index (κ2) is 3.48. The molecule has 1 aromatic rings. The van der Waals surface area contributed by atoms with Gasteiger partial charge in [0.25, 0.3) is 0 Å². The van der Waals surface area contributed by atoms with Gasteiger partial charge in [-0.05, 0) is 49.3 Å². The summed E-state index contributed by atoms with van der Waals surface area (Å²) < 4.78 is 26.2. The highest BCUT2D eigenvalue weighted by Gasteiger charge is 2.35. The summed E-state index contributed by atoms with van der Waals surface area (Å²) in [5.74, 6) is 0.658. The van der Waals surface area contributed by atoms with Gasteiger partial charge in [-0.3, -0.25) is 4.72 Å². The van der Waals surface area contributed by atoms with Crippen LogP contribution < -0.4 is 4.72 Å². The molecule has 3 nitrogen and oxygen atoms in total. The average Bonchev–Trinajstić information content (AvgIpc) is 3.09. The third-order valence-corrected chi connectivity index (χ3v) is 5.03. The molecule has 4 heteroatoms. The van der Waals surface area contributed by atoms with Crippen molar-refractivity contribution in [1.82, 2.24) is 0 Å². The molecule has 1 N–H and O–H groups in total. The molecule has 0 radical (unpaired) electrons. The maximum absolute atomic E-state index is 11.7. The molecule has 1 aromatic carbocycles. The number of nitrogens with one attached hydrogen (secondary N) is 1. The highest BCUT2D eigenvalue weighted by Crippen LogP contribution is 2.41. The van der Waals surface area contributed by atoms with Crippen LogP contribution in [0.2, 0.25) is 0 Å². The number of sulfonamides is 1. The first-order valence-electron chi connectivity index (χ1n) is 5.77. The van der Waals surface area contributed by atoms with Crippen LogP contribution >= 0.6 is 0 Å². The van der Waals surface area contributed by atoms with Crippen LogP contribution in [0.25, 0.3) is 0 Å².